The maximum atomic E-state index is 13.3. The van der Waals surface area contributed by atoms with Crippen LogP contribution in [-0.4, -0.2) is 36.5 Å². The molecule has 0 spiro atoms. The number of nitrogens with one attached hydrogen (secondary N) is 1. The Labute approximate surface area is 257 Å². The van der Waals surface area contributed by atoms with Crippen molar-refractivity contribution >= 4 is 23.6 Å². The van der Waals surface area contributed by atoms with Gasteiger partial charge in [0.1, 0.15) is 0 Å². The van der Waals surface area contributed by atoms with Crippen LogP contribution in [0.3, 0.4) is 0 Å². The third kappa shape index (κ3) is 10.9. The topological polar surface area (TPSA) is 78.5 Å². The first-order valence-electron chi connectivity index (χ1n) is 14.7. The van der Waals surface area contributed by atoms with E-state index in [1.54, 1.807) is 17.8 Å². The summed E-state index contributed by atoms with van der Waals surface area (Å²) < 4.78 is 6.29. The number of carbonyl (C=O) groups is 2. The van der Waals surface area contributed by atoms with Crippen molar-refractivity contribution in [1.29, 1.82) is 0 Å². The molecule has 1 saturated carbocycles. The maximum Gasteiger partial charge on any atom is 1.00 e. The molecular weight excluding hydrogens is 513 g/mol. The molecule has 7 heteroatoms. The summed E-state index contributed by atoms with van der Waals surface area (Å²) in [6, 6.07) is 12.7. The number of amides is 1. The Hall–Kier alpha value is -1.71. The van der Waals surface area contributed by atoms with E-state index < -0.39 is 17.9 Å². The van der Waals surface area contributed by atoms with Gasteiger partial charge in [0.15, 0.2) is 0 Å². The summed E-state index contributed by atoms with van der Waals surface area (Å²) in [6.07, 6.45) is 14.0. The van der Waals surface area contributed by atoms with Gasteiger partial charge in [0.2, 0.25) is 0 Å². The van der Waals surface area contributed by atoms with Gasteiger partial charge in [0.05, 0.1) is 18.6 Å². The Morgan fingerprint density at radius 3 is 2.50 bits per heavy atom. The first-order valence-corrected chi connectivity index (χ1v) is 16.1. The first-order chi connectivity index (χ1) is 18.9. The first kappa shape index (κ1) is 34.5. The summed E-state index contributed by atoms with van der Waals surface area (Å²) in [5.74, 6) is 0.404. The molecule has 3 rings (SSSR count). The number of aliphatic carboxylic acids is 1. The van der Waals surface area contributed by atoms with Gasteiger partial charge in [-0.1, -0.05) is 82.2 Å². The fourth-order valence-corrected chi connectivity index (χ4v) is 6.17. The van der Waals surface area contributed by atoms with Crippen LogP contribution in [0.25, 0.3) is 11.1 Å². The van der Waals surface area contributed by atoms with Gasteiger partial charge < -0.3 is 20.0 Å². The van der Waals surface area contributed by atoms with Crippen molar-refractivity contribution in [3.8, 4) is 11.1 Å². The number of benzene rings is 2. The third-order valence-electron chi connectivity index (χ3n) is 7.94. The summed E-state index contributed by atoms with van der Waals surface area (Å²) in [5.41, 5.74) is 4.27. The predicted molar refractivity (Wildman–Crippen MR) is 160 cm³/mol. The largest absolute Gasteiger partial charge is 1.00 e. The molecule has 1 amide bonds. The van der Waals surface area contributed by atoms with Crippen molar-refractivity contribution in [1.82, 2.24) is 5.32 Å². The average Bonchev–Trinajstić information content (AvgIpc) is 2.94. The zero-order valence-corrected chi connectivity index (χ0v) is 25.8. The van der Waals surface area contributed by atoms with Gasteiger partial charge in [-0.05, 0) is 84.4 Å². The number of rotatable bonds is 16. The van der Waals surface area contributed by atoms with Crippen molar-refractivity contribution in [2.24, 2.45) is 11.8 Å². The molecule has 0 heterocycles. The summed E-state index contributed by atoms with van der Waals surface area (Å²) in [5, 5.41) is 14.3. The fraction of sp³-hybridized carbons (Fsp3) is 0.576. The third-order valence-corrected chi connectivity index (χ3v) is 8.59. The number of thioether (sulfide) groups is 1. The van der Waals surface area contributed by atoms with Crippen LogP contribution >= 0.6 is 11.8 Å². The summed E-state index contributed by atoms with van der Waals surface area (Å²) in [6.45, 7) is 5.53. The minimum absolute atomic E-state index is 0. The fourth-order valence-electron chi connectivity index (χ4n) is 5.70. The predicted octanol–water partition coefficient (Wildman–Crippen LogP) is 3.56. The molecule has 40 heavy (non-hydrogen) atoms. The summed E-state index contributed by atoms with van der Waals surface area (Å²) in [4.78, 5) is 24.9. The molecule has 0 aliphatic heterocycles. The SMILES string of the molecule is CCCC[C@@H](COCc1ccc(C(=O)N[C@@H](CCSC)C(=O)[O-])c(-c2ccccc2C)c1)CC1CCCCC1.[Li+]. The van der Waals surface area contributed by atoms with Crippen molar-refractivity contribution in [2.45, 2.75) is 90.7 Å². The smallest absolute Gasteiger partial charge is 0.548 e. The van der Waals surface area contributed by atoms with Gasteiger partial charge in [0.25, 0.3) is 5.91 Å². The maximum absolute atomic E-state index is 13.3. The number of unbranched alkanes of at least 4 members (excludes halogenated alkanes) is 1. The molecule has 5 nitrogen and oxygen atoms in total. The van der Waals surface area contributed by atoms with E-state index in [0.717, 1.165) is 34.8 Å². The second-order valence-corrected chi connectivity index (χ2v) is 12.1. The molecular formula is C33H46LiNO4S. The molecule has 2 aromatic carbocycles. The Kier molecular flexibility index (Phi) is 16.1. The van der Waals surface area contributed by atoms with Gasteiger partial charge in [-0.3, -0.25) is 4.79 Å². The molecule has 0 saturated heterocycles. The minimum atomic E-state index is -1.26. The molecule has 0 bridgehead atoms. The summed E-state index contributed by atoms with van der Waals surface area (Å²) >= 11 is 1.54. The van der Waals surface area contributed by atoms with E-state index >= 15 is 0 Å². The van der Waals surface area contributed by atoms with Crippen molar-refractivity contribution in [3.63, 3.8) is 0 Å². The Balaban J connectivity index is 0.00000560. The van der Waals surface area contributed by atoms with E-state index in [1.165, 1.54) is 57.8 Å². The van der Waals surface area contributed by atoms with Gasteiger partial charge in [-0.15, -0.1) is 0 Å². The molecule has 0 aromatic heterocycles. The number of hydrogen-bond donors (Lipinski definition) is 1. The number of aryl methyl sites for hydroxylation is 1. The number of carboxylic acid groups (broad SMARTS) is 1. The van der Waals surface area contributed by atoms with E-state index in [0.29, 0.717) is 30.3 Å². The molecule has 1 aliphatic rings. The number of ether oxygens (including phenoxy) is 1. The van der Waals surface area contributed by atoms with E-state index in [-0.39, 0.29) is 18.9 Å². The van der Waals surface area contributed by atoms with Crippen LogP contribution in [0.15, 0.2) is 42.5 Å². The van der Waals surface area contributed by atoms with Crippen LogP contribution in [0.5, 0.6) is 0 Å². The van der Waals surface area contributed by atoms with Crippen LogP contribution in [0.1, 0.15) is 92.6 Å². The van der Waals surface area contributed by atoms with Crippen LogP contribution in [0.2, 0.25) is 0 Å². The standard InChI is InChI=1S/C33H47NO4S.Li/c1-4-5-12-26(20-25-13-7-6-8-14-25)22-38-23-27-16-17-29(30(21-27)28-15-10-9-11-24(28)2)32(35)34-31(33(36)37)18-19-39-3;/h9-11,15-17,21,25-26,31H,4-8,12-14,18-20,22-23H2,1-3H3,(H,34,35)(H,36,37);/q;+1/p-1/t26-,31+;/m1./s1. The Bertz CT molecular complexity index is 1060. The van der Waals surface area contributed by atoms with Crippen molar-refractivity contribution in [3.05, 3.63) is 59.2 Å². The van der Waals surface area contributed by atoms with Crippen LogP contribution in [0, 0.1) is 18.8 Å². The van der Waals surface area contributed by atoms with E-state index in [2.05, 4.69) is 12.2 Å². The van der Waals surface area contributed by atoms with Gasteiger partial charge in [-0.25, -0.2) is 0 Å². The number of carbonyl (C=O) groups excluding carboxylic acids is 2. The zero-order chi connectivity index (χ0) is 28.0. The van der Waals surface area contributed by atoms with Gasteiger partial charge in [-0.2, -0.15) is 11.8 Å². The second kappa shape index (κ2) is 18.7. The van der Waals surface area contributed by atoms with Gasteiger partial charge >= 0.3 is 18.9 Å². The van der Waals surface area contributed by atoms with Crippen LogP contribution in [-0.2, 0) is 16.1 Å². The number of hydrogen-bond acceptors (Lipinski definition) is 5. The molecule has 2 aromatic rings. The van der Waals surface area contributed by atoms with Crippen molar-refractivity contribution < 1.29 is 38.3 Å². The normalized spacial score (nSPS) is 15.2. The summed E-state index contributed by atoms with van der Waals surface area (Å²) in [7, 11) is 0. The van der Waals surface area contributed by atoms with E-state index in [1.807, 2.05) is 49.6 Å². The Morgan fingerprint density at radius 2 is 1.82 bits per heavy atom. The minimum Gasteiger partial charge on any atom is -0.548 e. The molecule has 0 unspecified atom stereocenters. The molecule has 1 fully saturated rings. The van der Waals surface area contributed by atoms with Crippen LogP contribution in [0.4, 0.5) is 0 Å². The monoisotopic (exact) mass is 559 g/mol. The molecule has 214 valence electrons. The number of carboxylic acids is 1. The molecule has 1 aliphatic carbocycles. The average molecular weight is 560 g/mol. The molecule has 2 atom stereocenters. The van der Waals surface area contributed by atoms with E-state index in [4.69, 9.17) is 4.74 Å². The quantitative estimate of drug-likeness (QED) is 0.318. The molecule has 1 N–H and O–H groups in total. The molecule has 0 radical (unpaired) electrons. The zero-order valence-electron chi connectivity index (χ0n) is 25.0. The van der Waals surface area contributed by atoms with Crippen molar-refractivity contribution in [2.75, 3.05) is 18.6 Å². The van der Waals surface area contributed by atoms with Gasteiger partial charge in [0, 0.05) is 12.2 Å². The van der Waals surface area contributed by atoms with E-state index in [9.17, 15) is 14.7 Å². The second-order valence-electron chi connectivity index (χ2n) is 11.1. The Morgan fingerprint density at radius 1 is 1.07 bits per heavy atom. The van der Waals surface area contributed by atoms with Crippen LogP contribution < -0.4 is 29.3 Å².